The minimum Gasteiger partial charge on any atom is -0.304 e. The van der Waals surface area contributed by atoms with Gasteiger partial charge < -0.3 is 10.6 Å². The third-order valence-electron chi connectivity index (χ3n) is 3.68. The average molecular weight is 272 g/mol. The van der Waals surface area contributed by atoms with Gasteiger partial charge in [0.25, 0.3) is 0 Å². The topological polar surface area (TPSA) is 24.1 Å². The van der Waals surface area contributed by atoms with Crippen molar-refractivity contribution in [3.8, 4) is 0 Å². The molecule has 2 nitrogen and oxygen atoms in total. The number of benzene rings is 1. The Labute approximate surface area is 124 Å². The van der Waals surface area contributed by atoms with Crippen molar-refractivity contribution in [2.45, 2.75) is 38.8 Å². The molecular weight excluding hydrogens is 244 g/mol. The predicted molar refractivity (Wildman–Crippen MR) is 88.9 cm³/mol. The first-order valence-corrected chi connectivity index (χ1v) is 7.16. The molecule has 0 spiro atoms. The van der Waals surface area contributed by atoms with Crippen molar-refractivity contribution >= 4 is 0 Å². The van der Waals surface area contributed by atoms with Crippen LogP contribution in [-0.4, -0.2) is 13.1 Å². The predicted octanol–water partition coefficient (Wildman–Crippen LogP) is 3.71. The molecule has 1 rings (SSSR count). The Kier molecular flexibility index (Phi) is 5.73. The molecule has 110 valence electrons. The summed E-state index contributed by atoms with van der Waals surface area (Å²) in [5.74, 6) is 0. The molecule has 20 heavy (non-hydrogen) atoms. The molecule has 0 saturated heterocycles. The molecule has 1 aromatic carbocycles. The summed E-state index contributed by atoms with van der Waals surface area (Å²) >= 11 is 0. The molecule has 0 amide bonds. The second kappa shape index (κ2) is 6.87. The van der Waals surface area contributed by atoms with E-state index in [1.165, 1.54) is 11.1 Å². The van der Waals surface area contributed by atoms with Crippen LogP contribution >= 0.6 is 0 Å². The van der Waals surface area contributed by atoms with Gasteiger partial charge in [-0.2, -0.15) is 0 Å². The second-order valence-corrected chi connectivity index (χ2v) is 6.17. The minimum absolute atomic E-state index is 0.0707. The maximum absolute atomic E-state index is 3.77. The molecule has 0 aliphatic carbocycles. The van der Waals surface area contributed by atoms with Crippen LogP contribution in [0.5, 0.6) is 0 Å². The Bertz CT molecular complexity index is 419. The largest absolute Gasteiger partial charge is 0.304 e. The fourth-order valence-electron chi connectivity index (χ4n) is 2.16. The van der Waals surface area contributed by atoms with Crippen molar-refractivity contribution in [1.82, 2.24) is 10.6 Å². The van der Waals surface area contributed by atoms with Crippen molar-refractivity contribution in [1.29, 1.82) is 0 Å². The van der Waals surface area contributed by atoms with E-state index >= 15 is 0 Å². The molecule has 0 heterocycles. The van der Waals surface area contributed by atoms with E-state index in [9.17, 15) is 0 Å². The molecular formula is C18H28N2. The maximum Gasteiger partial charge on any atom is 0.0380 e. The van der Waals surface area contributed by atoms with Crippen LogP contribution in [0.1, 0.15) is 38.8 Å². The lowest BCUT2D eigenvalue weighted by atomic mass is 9.87. The van der Waals surface area contributed by atoms with E-state index in [-0.39, 0.29) is 11.1 Å². The van der Waals surface area contributed by atoms with Gasteiger partial charge in [-0.15, -0.1) is 13.2 Å². The van der Waals surface area contributed by atoms with Gasteiger partial charge in [0.05, 0.1) is 0 Å². The van der Waals surface area contributed by atoms with Crippen LogP contribution in [0.3, 0.4) is 0 Å². The molecule has 0 atom stereocenters. The van der Waals surface area contributed by atoms with E-state index in [0.717, 1.165) is 13.1 Å². The van der Waals surface area contributed by atoms with Crippen molar-refractivity contribution in [2.75, 3.05) is 13.1 Å². The summed E-state index contributed by atoms with van der Waals surface area (Å²) in [6.45, 7) is 17.9. The van der Waals surface area contributed by atoms with Crippen molar-refractivity contribution in [2.24, 2.45) is 0 Å². The smallest absolute Gasteiger partial charge is 0.0380 e. The molecule has 0 saturated carbocycles. The standard InChI is InChI=1S/C18H28N2/c1-7-12-19-17(3,4)15-10-9-11-16(14-15)18(5,6)20-13-8-2/h7-11,14,19-20H,1-2,12-13H2,3-6H3. The highest BCUT2D eigenvalue weighted by molar-refractivity contribution is 5.32. The van der Waals surface area contributed by atoms with Crippen LogP contribution in [0.4, 0.5) is 0 Å². The fraction of sp³-hybridized carbons (Fsp3) is 0.444. The summed E-state index contributed by atoms with van der Waals surface area (Å²) in [5.41, 5.74) is 2.42. The van der Waals surface area contributed by atoms with Gasteiger partial charge in [0.2, 0.25) is 0 Å². The normalized spacial score (nSPS) is 12.2. The summed E-state index contributed by atoms with van der Waals surface area (Å²) in [7, 11) is 0. The molecule has 0 bridgehead atoms. The van der Waals surface area contributed by atoms with Crippen LogP contribution in [0, 0.1) is 0 Å². The average Bonchev–Trinajstić information content (AvgIpc) is 2.43. The van der Waals surface area contributed by atoms with E-state index in [1.807, 2.05) is 12.2 Å². The maximum atomic E-state index is 3.77. The van der Waals surface area contributed by atoms with Gasteiger partial charge in [-0.05, 0) is 38.8 Å². The summed E-state index contributed by atoms with van der Waals surface area (Å²) in [6.07, 6.45) is 3.78. The van der Waals surface area contributed by atoms with Crippen LogP contribution < -0.4 is 10.6 Å². The third-order valence-corrected chi connectivity index (χ3v) is 3.68. The molecule has 2 heteroatoms. The van der Waals surface area contributed by atoms with E-state index in [0.29, 0.717) is 0 Å². The lowest BCUT2D eigenvalue weighted by molar-refractivity contribution is 0.411. The monoisotopic (exact) mass is 272 g/mol. The van der Waals surface area contributed by atoms with Crippen molar-refractivity contribution in [3.63, 3.8) is 0 Å². The number of hydrogen-bond donors (Lipinski definition) is 2. The Morgan fingerprint density at radius 3 is 1.65 bits per heavy atom. The first-order valence-electron chi connectivity index (χ1n) is 7.16. The second-order valence-electron chi connectivity index (χ2n) is 6.17. The molecule has 0 aliphatic rings. The van der Waals surface area contributed by atoms with Gasteiger partial charge in [-0.3, -0.25) is 0 Å². The van der Waals surface area contributed by atoms with Gasteiger partial charge in [0.1, 0.15) is 0 Å². The van der Waals surface area contributed by atoms with Crippen LogP contribution in [-0.2, 0) is 11.1 Å². The highest BCUT2D eigenvalue weighted by Gasteiger charge is 2.23. The van der Waals surface area contributed by atoms with E-state index in [1.54, 1.807) is 0 Å². The molecule has 2 N–H and O–H groups in total. The fourth-order valence-corrected chi connectivity index (χ4v) is 2.16. The zero-order valence-corrected chi connectivity index (χ0v) is 13.3. The number of nitrogens with one attached hydrogen (secondary N) is 2. The van der Waals surface area contributed by atoms with E-state index in [4.69, 9.17) is 0 Å². The highest BCUT2D eigenvalue weighted by atomic mass is 15.0. The SMILES string of the molecule is C=CCNC(C)(C)c1cccc(C(C)(C)NCC=C)c1. The minimum atomic E-state index is -0.0707. The summed E-state index contributed by atoms with van der Waals surface area (Å²) < 4.78 is 0. The van der Waals surface area contributed by atoms with Crippen LogP contribution in [0.25, 0.3) is 0 Å². The lowest BCUT2D eigenvalue weighted by Gasteiger charge is -2.31. The number of hydrogen-bond acceptors (Lipinski definition) is 2. The molecule has 0 radical (unpaired) electrons. The zero-order chi connectivity index (χ0) is 15.2. The highest BCUT2D eigenvalue weighted by Crippen LogP contribution is 2.26. The van der Waals surface area contributed by atoms with E-state index in [2.05, 4.69) is 75.8 Å². The molecule has 0 aromatic heterocycles. The van der Waals surface area contributed by atoms with Gasteiger partial charge in [-0.1, -0.05) is 36.4 Å². The first-order chi connectivity index (χ1) is 9.33. The molecule has 0 fully saturated rings. The van der Waals surface area contributed by atoms with Gasteiger partial charge in [0.15, 0.2) is 0 Å². The quantitative estimate of drug-likeness (QED) is 0.705. The van der Waals surface area contributed by atoms with Crippen molar-refractivity contribution in [3.05, 3.63) is 60.7 Å². The van der Waals surface area contributed by atoms with E-state index < -0.39 is 0 Å². The van der Waals surface area contributed by atoms with Crippen LogP contribution in [0.2, 0.25) is 0 Å². The van der Waals surface area contributed by atoms with Crippen LogP contribution in [0.15, 0.2) is 49.6 Å². The summed E-state index contributed by atoms with van der Waals surface area (Å²) in [4.78, 5) is 0. The lowest BCUT2D eigenvalue weighted by Crippen LogP contribution is -2.39. The Hall–Kier alpha value is -1.38. The Morgan fingerprint density at radius 2 is 1.30 bits per heavy atom. The summed E-state index contributed by atoms with van der Waals surface area (Å²) in [5, 5.41) is 6.98. The van der Waals surface area contributed by atoms with Gasteiger partial charge in [0, 0.05) is 24.2 Å². The summed E-state index contributed by atoms with van der Waals surface area (Å²) in [6, 6.07) is 8.73. The Balaban J connectivity index is 3.00. The number of rotatable bonds is 8. The van der Waals surface area contributed by atoms with Gasteiger partial charge in [-0.25, -0.2) is 0 Å². The molecule has 0 unspecified atom stereocenters. The molecule has 1 aromatic rings. The van der Waals surface area contributed by atoms with Crippen molar-refractivity contribution < 1.29 is 0 Å². The van der Waals surface area contributed by atoms with Gasteiger partial charge >= 0.3 is 0 Å². The Morgan fingerprint density at radius 1 is 0.900 bits per heavy atom. The third kappa shape index (κ3) is 4.32. The zero-order valence-electron chi connectivity index (χ0n) is 13.3. The molecule has 0 aliphatic heterocycles. The first kappa shape index (κ1) is 16.7.